The summed E-state index contributed by atoms with van der Waals surface area (Å²) < 4.78 is 0. The molecule has 0 radical (unpaired) electrons. The average molecular weight is 432 g/mol. The number of hydrogen-bond acceptors (Lipinski definition) is 3. The Hall–Kier alpha value is -4.24. The van der Waals surface area contributed by atoms with Crippen LogP contribution >= 0.6 is 0 Å². The molecule has 3 heteroatoms. The molecule has 5 rings (SSSR count). The first kappa shape index (κ1) is 23.4. The van der Waals surface area contributed by atoms with Gasteiger partial charge >= 0.3 is 0 Å². The van der Waals surface area contributed by atoms with Crippen LogP contribution in [0.25, 0.3) is 0 Å². The van der Waals surface area contributed by atoms with E-state index in [9.17, 15) is 0 Å². The van der Waals surface area contributed by atoms with Crippen molar-refractivity contribution in [2.75, 3.05) is 4.90 Å². The van der Waals surface area contributed by atoms with Crippen LogP contribution in [0, 0.1) is 13.8 Å². The molecule has 0 bridgehead atoms. The first-order chi connectivity index (χ1) is 16.2. The number of rotatable bonds is 3. The molecule has 0 amide bonds. The normalized spacial score (nSPS) is 9.52. The first-order valence-electron chi connectivity index (χ1n) is 10.9. The molecule has 3 nitrogen and oxygen atoms in total. The lowest BCUT2D eigenvalue weighted by Crippen LogP contribution is -2.09. The van der Waals surface area contributed by atoms with E-state index in [4.69, 9.17) is 0 Å². The minimum absolute atomic E-state index is 1.09. The van der Waals surface area contributed by atoms with Crippen molar-refractivity contribution in [3.63, 3.8) is 0 Å². The molecule has 0 aliphatic heterocycles. The van der Waals surface area contributed by atoms with Crippen molar-refractivity contribution < 1.29 is 0 Å². The van der Waals surface area contributed by atoms with Gasteiger partial charge in [0.15, 0.2) is 0 Å². The smallest absolute Gasteiger partial charge is 0.0461 e. The number of benzene rings is 3. The molecule has 2 heterocycles. The van der Waals surface area contributed by atoms with Gasteiger partial charge in [0.1, 0.15) is 0 Å². The molecule has 33 heavy (non-hydrogen) atoms. The third kappa shape index (κ3) is 8.08. The molecule has 3 aromatic carbocycles. The number of para-hydroxylation sites is 3. The number of aromatic nitrogens is 2. The summed E-state index contributed by atoms with van der Waals surface area (Å²) in [6, 6.07) is 43.0. The molecule has 164 valence electrons. The Kier molecular flexibility index (Phi) is 9.39. The van der Waals surface area contributed by atoms with Gasteiger partial charge < -0.3 is 4.90 Å². The summed E-state index contributed by atoms with van der Waals surface area (Å²) in [5.74, 6) is 0. The number of anilines is 3. The van der Waals surface area contributed by atoms with Gasteiger partial charge in [-0.15, -0.1) is 0 Å². The fraction of sp³-hybridized carbons (Fsp3) is 0.0667. The van der Waals surface area contributed by atoms with E-state index in [1.54, 1.807) is 12.4 Å². The van der Waals surface area contributed by atoms with E-state index >= 15 is 0 Å². The highest BCUT2D eigenvalue weighted by Gasteiger charge is 2.10. The molecule has 0 atom stereocenters. The Balaban J connectivity index is 0.000000179. The number of hydrogen-bond donors (Lipinski definition) is 0. The lowest BCUT2D eigenvalue weighted by atomic mass is 10.2. The van der Waals surface area contributed by atoms with E-state index in [0.29, 0.717) is 0 Å². The van der Waals surface area contributed by atoms with Gasteiger partial charge in [-0.25, -0.2) is 0 Å². The van der Waals surface area contributed by atoms with Gasteiger partial charge in [-0.2, -0.15) is 0 Å². The first-order valence-corrected chi connectivity index (χ1v) is 10.9. The summed E-state index contributed by atoms with van der Waals surface area (Å²) in [6.07, 6.45) is 3.50. The molecule has 0 N–H and O–H groups in total. The van der Waals surface area contributed by atoms with E-state index in [1.165, 1.54) is 17.1 Å². The van der Waals surface area contributed by atoms with Crippen LogP contribution in [0.4, 0.5) is 17.1 Å². The molecule has 0 spiro atoms. The summed E-state index contributed by atoms with van der Waals surface area (Å²) in [6.45, 7) is 3.99. The van der Waals surface area contributed by atoms with Gasteiger partial charge in [0.2, 0.25) is 0 Å². The molecule has 0 saturated carbocycles. The summed E-state index contributed by atoms with van der Waals surface area (Å²) in [7, 11) is 0. The average Bonchev–Trinajstić information content (AvgIpc) is 2.88. The van der Waals surface area contributed by atoms with Crippen molar-refractivity contribution in [3.05, 3.63) is 151 Å². The van der Waals surface area contributed by atoms with Crippen LogP contribution in [0.3, 0.4) is 0 Å². The predicted octanol–water partition coefficient (Wildman–Crippen LogP) is 7.94. The number of nitrogens with zero attached hydrogens (tertiary/aromatic N) is 3. The van der Waals surface area contributed by atoms with Gasteiger partial charge in [0.05, 0.1) is 0 Å². The van der Waals surface area contributed by atoms with Gasteiger partial charge in [-0.1, -0.05) is 66.7 Å². The highest BCUT2D eigenvalue weighted by atomic mass is 15.1. The van der Waals surface area contributed by atoms with Gasteiger partial charge in [-0.3, -0.25) is 9.97 Å². The lowest BCUT2D eigenvalue weighted by molar-refractivity contribution is 1.12. The summed E-state index contributed by atoms with van der Waals surface area (Å²) in [5.41, 5.74) is 5.68. The maximum absolute atomic E-state index is 4.17. The quantitative estimate of drug-likeness (QED) is 0.290. The van der Waals surface area contributed by atoms with E-state index in [-0.39, 0.29) is 0 Å². The number of aryl methyl sites for hydroxylation is 2. The van der Waals surface area contributed by atoms with Crippen molar-refractivity contribution in [1.82, 2.24) is 9.97 Å². The third-order valence-electron chi connectivity index (χ3n) is 4.64. The standard InChI is InChI=1S/C18H15N.C7H9N.C5H5N/c1-4-10-16(11-5-1)19(17-12-6-2-7-13-17)18-14-8-3-9-15-18;1-6-4-3-5-7(2)8-6;1-2-4-6-5-3-1/h1-15H;3-5H,1-2H3;1-5H. The summed E-state index contributed by atoms with van der Waals surface area (Å²) in [5, 5.41) is 0. The topological polar surface area (TPSA) is 29.0 Å². The second kappa shape index (κ2) is 13.2. The second-order valence-corrected chi connectivity index (χ2v) is 7.29. The Morgan fingerprint density at radius 1 is 0.424 bits per heavy atom. The van der Waals surface area contributed by atoms with Crippen molar-refractivity contribution in [2.24, 2.45) is 0 Å². The zero-order valence-electron chi connectivity index (χ0n) is 19.1. The summed E-state index contributed by atoms with van der Waals surface area (Å²) in [4.78, 5) is 10.2. The molecule has 5 aromatic rings. The molecule has 0 aliphatic carbocycles. The van der Waals surface area contributed by atoms with Crippen molar-refractivity contribution in [3.8, 4) is 0 Å². The van der Waals surface area contributed by atoms with Crippen molar-refractivity contribution in [1.29, 1.82) is 0 Å². The Bertz CT molecular complexity index is 1020. The van der Waals surface area contributed by atoms with Crippen LogP contribution < -0.4 is 4.90 Å². The van der Waals surface area contributed by atoms with Gasteiger partial charge in [0, 0.05) is 40.8 Å². The zero-order valence-corrected chi connectivity index (χ0v) is 19.1. The van der Waals surface area contributed by atoms with E-state index in [2.05, 4.69) is 87.7 Å². The monoisotopic (exact) mass is 431 g/mol. The maximum Gasteiger partial charge on any atom is 0.0461 e. The Labute approximate surface area is 197 Å². The van der Waals surface area contributed by atoms with Gasteiger partial charge in [0.25, 0.3) is 0 Å². The molecule has 0 saturated heterocycles. The molecular formula is C30H29N3. The van der Waals surface area contributed by atoms with Crippen molar-refractivity contribution >= 4 is 17.1 Å². The molecule has 0 unspecified atom stereocenters. The SMILES string of the molecule is Cc1cccc(C)n1.c1ccc(N(c2ccccc2)c2ccccc2)cc1.c1ccncc1. The van der Waals surface area contributed by atoms with Gasteiger partial charge in [-0.05, 0) is 74.5 Å². The van der Waals surface area contributed by atoms with Crippen LogP contribution in [0.1, 0.15) is 11.4 Å². The predicted molar refractivity (Wildman–Crippen MR) is 139 cm³/mol. The van der Waals surface area contributed by atoms with E-state index in [0.717, 1.165) is 11.4 Å². The molecule has 0 aliphatic rings. The van der Waals surface area contributed by atoms with Crippen LogP contribution in [0.2, 0.25) is 0 Å². The zero-order chi connectivity index (χ0) is 23.1. The van der Waals surface area contributed by atoms with Crippen LogP contribution in [0.15, 0.2) is 140 Å². The highest BCUT2D eigenvalue weighted by molar-refractivity contribution is 5.76. The van der Waals surface area contributed by atoms with Crippen LogP contribution in [-0.4, -0.2) is 9.97 Å². The van der Waals surface area contributed by atoms with E-state index in [1.807, 2.05) is 68.4 Å². The number of pyridine rings is 2. The largest absolute Gasteiger partial charge is 0.311 e. The molecular weight excluding hydrogens is 402 g/mol. The highest BCUT2D eigenvalue weighted by Crippen LogP contribution is 2.33. The molecule has 2 aromatic heterocycles. The second-order valence-electron chi connectivity index (χ2n) is 7.29. The third-order valence-corrected chi connectivity index (χ3v) is 4.64. The fourth-order valence-corrected chi connectivity index (χ4v) is 3.17. The maximum atomic E-state index is 4.17. The minimum Gasteiger partial charge on any atom is -0.311 e. The van der Waals surface area contributed by atoms with Crippen molar-refractivity contribution in [2.45, 2.75) is 13.8 Å². The van der Waals surface area contributed by atoms with E-state index < -0.39 is 0 Å². The van der Waals surface area contributed by atoms with Crippen LogP contribution in [-0.2, 0) is 0 Å². The summed E-state index contributed by atoms with van der Waals surface area (Å²) >= 11 is 0. The fourth-order valence-electron chi connectivity index (χ4n) is 3.17. The Morgan fingerprint density at radius 3 is 1.03 bits per heavy atom. The van der Waals surface area contributed by atoms with Crippen LogP contribution in [0.5, 0.6) is 0 Å². The minimum atomic E-state index is 1.09. The lowest BCUT2D eigenvalue weighted by Gasteiger charge is -2.25. The molecule has 0 fully saturated rings. The Morgan fingerprint density at radius 2 is 0.788 bits per heavy atom.